The molecule has 86 valence electrons. The second-order valence-electron chi connectivity index (χ2n) is 4.41. The van der Waals surface area contributed by atoms with Crippen molar-refractivity contribution in [3.8, 4) is 0 Å². The maximum Gasteiger partial charge on any atom is 0.159 e. The van der Waals surface area contributed by atoms with Gasteiger partial charge in [-0.1, -0.05) is 34.6 Å². The average Bonchev–Trinajstić information content (AvgIpc) is 2.94. The Balaban J connectivity index is 1.86. The largest absolute Gasteiger partial charge is 0.351 e. The van der Waals surface area contributed by atoms with Crippen LogP contribution in [-0.2, 0) is 0 Å². The Morgan fingerprint density at radius 1 is 1.53 bits per heavy atom. The molecule has 0 aromatic carbocycles. The maximum atomic E-state index is 4.66. The van der Waals surface area contributed by atoms with Crippen LogP contribution in [-0.4, -0.2) is 40.3 Å². The first-order chi connectivity index (χ1) is 7.33. The number of thioether (sulfide) groups is 1. The number of hydrogen-bond acceptors (Lipinski definition) is 3. The Labute approximate surface area is 105 Å². The van der Waals surface area contributed by atoms with Crippen LogP contribution >= 0.6 is 27.7 Å². The van der Waals surface area contributed by atoms with Gasteiger partial charge < -0.3 is 4.90 Å². The van der Waals surface area contributed by atoms with E-state index in [1.165, 1.54) is 37.5 Å². The van der Waals surface area contributed by atoms with Crippen LogP contribution in [0.25, 0.3) is 0 Å². The first-order valence-corrected chi connectivity index (χ1v) is 7.85. The number of rotatable bonds is 5. The quantitative estimate of drug-likeness (QED) is 0.724. The zero-order valence-electron chi connectivity index (χ0n) is 9.29. The number of nitrogens with zero attached hydrogens (tertiary/aromatic N) is 2. The highest BCUT2D eigenvalue weighted by Gasteiger charge is 2.28. The van der Waals surface area contributed by atoms with Gasteiger partial charge in [-0.15, -0.1) is 0 Å². The molecule has 1 aliphatic carbocycles. The average molecular weight is 291 g/mol. The minimum absolute atomic E-state index is 0.665. The number of aliphatic imine (C=N–C) groups is 1. The van der Waals surface area contributed by atoms with Crippen LogP contribution < -0.4 is 0 Å². The van der Waals surface area contributed by atoms with Crippen molar-refractivity contribution in [2.75, 3.05) is 25.0 Å². The van der Waals surface area contributed by atoms with Gasteiger partial charge in [0.25, 0.3) is 0 Å². The highest BCUT2D eigenvalue weighted by Crippen LogP contribution is 2.32. The van der Waals surface area contributed by atoms with E-state index in [2.05, 4.69) is 32.7 Å². The number of amidine groups is 1. The Kier molecular flexibility index (Phi) is 4.38. The van der Waals surface area contributed by atoms with Crippen molar-refractivity contribution in [3.05, 3.63) is 0 Å². The third-order valence-corrected chi connectivity index (χ3v) is 5.27. The molecule has 0 aromatic rings. The summed E-state index contributed by atoms with van der Waals surface area (Å²) in [5, 5.41) is 3.03. The van der Waals surface area contributed by atoms with E-state index in [1.807, 2.05) is 11.8 Å². The first kappa shape index (κ1) is 11.8. The van der Waals surface area contributed by atoms with Crippen LogP contribution in [0.4, 0.5) is 0 Å². The van der Waals surface area contributed by atoms with Crippen molar-refractivity contribution < 1.29 is 0 Å². The van der Waals surface area contributed by atoms with Gasteiger partial charge in [0.05, 0.1) is 6.54 Å². The summed E-state index contributed by atoms with van der Waals surface area (Å²) in [7, 11) is 0. The Morgan fingerprint density at radius 3 is 2.87 bits per heavy atom. The zero-order chi connectivity index (χ0) is 10.7. The molecule has 1 heterocycles. The SMILES string of the molecule is CCCN(CC1CC1)C1=NCC(CBr)S1. The maximum absolute atomic E-state index is 4.66. The summed E-state index contributed by atoms with van der Waals surface area (Å²) in [4.78, 5) is 7.17. The van der Waals surface area contributed by atoms with Crippen LogP contribution in [0.2, 0.25) is 0 Å². The highest BCUT2D eigenvalue weighted by atomic mass is 79.9. The van der Waals surface area contributed by atoms with Crippen molar-refractivity contribution in [1.82, 2.24) is 4.90 Å². The Bertz CT molecular complexity index is 241. The molecule has 1 atom stereocenters. The molecule has 2 rings (SSSR count). The molecule has 4 heteroatoms. The number of alkyl halides is 1. The van der Waals surface area contributed by atoms with E-state index in [4.69, 9.17) is 0 Å². The topological polar surface area (TPSA) is 15.6 Å². The minimum atomic E-state index is 0.665. The summed E-state index contributed by atoms with van der Waals surface area (Å²) < 4.78 is 0. The fourth-order valence-electron chi connectivity index (χ4n) is 1.81. The van der Waals surface area contributed by atoms with E-state index >= 15 is 0 Å². The van der Waals surface area contributed by atoms with Gasteiger partial charge in [0.15, 0.2) is 5.17 Å². The molecular weight excluding hydrogens is 272 g/mol. The normalized spacial score (nSPS) is 25.5. The fourth-order valence-corrected chi connectivity index (χ4v) is 3.38. The summed E-state index contributed by atoms with van der Waals surface area (Å²) in [6.45, 7) is 5.67. The van der Waals surface area contributed by atoms with E-state index in [-0.39, 0.29) is 0 Å². The fraction of sp³-hybridized carbons (Fsp3) is 0.909. The van der Waals surface area contributed by atoms with Gasteiger partial charge in [0, 0.05) is 23.7 Å². The molecule has 0 bridgehead atoms. The van der Waals surface area contributed by atoms with Crippen molar-refractivity contribution in [2.45, 2.75) is 31.4 Å². The molecule has 0 aromatic heterocycles. The molecule has 15 heavy (non-hydrogen) atoms. The summed E-state index contributed by atoms with van der Waals surface area (Å²) in [5.74, 6) is 0.961. The van der Waals surface area contributed by atoms with Gasteiger partial charge in [-0.3, -0.25) is 4.99 Å². The lowest BCUT2D eigenvalue weighted by Crippen LogP contribution is -2.31. The minimum Gasteiger partial charge on any atom is -0.351 e. The summed E-state index contributed by atoms with van der Waals surface area (Å²) in [5.41, 5.74) is 0. The van der Waals surface area contributed by atoms with Gasteiger partial charge in [-0.25, -0.2) is 0 Å². The van der Waals surface area contributed by atoms with Crippen LogP contribution in [0.5, 0.6) is 0 Å². The summed E-state index contributed by atoms with van der Waals surface area (Å²) in [6.07, 6.45) is 4.09. The van der Waals surface area contributed by atoms with E-state index in [0.717, 1.165) is 17.8 Å². The lowest BCUT2D eigenvalue weighted by Gasteiger charge is -2.23. The summed E-state index contributed by atoms with van der Waals surface area (Å²) in [6, 6.07) is 0. The van der Waals surface area contributed by atoms with Gasteiger partial charge in [0.1, 0.15) is 0 Å². The van der Waals surface area contributed by atoms with Gasteiger partial charge >= 0.3 is 0 Å². The van der Waals surface area contributed by atoms with Crippen molar-refractivity contribution >= 4 is 32.9 Å². The number of hydrogen-bond donors (Lipinski definition) is 0. The molecule has 2 nitrogen and oxygen atoms in total. The predicted octanol–water partition coefficient (Wildman–Crippen LogP) is 2.97. The Hall–Kier alpha value is 0.300. The molecule has 0 saturated heterocycles. The van der Waals surface area contributed by atoms with Gasteiger partial charge in [-0.05, 0) is 25.2 Å². The van der Waals surface area contributed by atoms with Crippen LogP contribution in [0.15, 0.2) is 4.99 Å². The van der Waals surface area contributed by atoms with Crippen molar-refractivity contribution in [2.24, 2.45) is 10.9 Å². The van der Waals surface area contributed by atoms with Crippen LogP contribution in [0.3, 0.4) is 0 Å². The molecule has 2 aliphatic rings. The molecule has 0 amide bonds. The zero-order valence-corrected chi connectivity index (χ0v) is 11.7. The van der Waals surface area contributed by atoms with Crippen molar-refractivity contribution in [1.29, 1.82) is 0 Å². The molecule has 0 radical (unpaired) electrons. The van der Waals surface area contributed by atoms with E-state index < -0.39 is 0 Å². The predicted molar refractivity (Wildman–Crippen MR) is 72.1 cm³/mol. The smallest absolute Gasteiger partial charge is 0.159 e. The Morgan fingerprint density at radius 2 is 2.33 bits per heavy atom. The molecule has 0 N–H and O–H groups in total. The van der Waals surface area contributed by atoms with Crippen LogP contribution in [0, 0.1) is 5.92 Å². The monoisotopic (exact) mass is 290 g/mol. The van der Waals surface area contributed by atoms with E-state index in [9.17, 15) is 0 Å². The van der Waals surface area contributed by atoms with E-state index in [1.54, 1.807) is 0 Å². The van der Waals surface area contributed by atoms with Crippen molar-refractivity contribution in [3.63, 3.8) is 0 Å². The van der Waals surface area contributed by atoms with Gasteiger partial charge in [-0.2, -0.15) is 0 Å². The van der Waals surface area contributed by atoms with E-state index in [0.29, 0.717) is 5.25 Å². The molecule has 1 saturated carbocycles. The van der Waals surface area contributed by atoms with Crippen LogP contribution in [0.1, 0.15) is 26.2 Å². The summed E-state index contributed by atoms with van der Waals surface area (Å²) >= 11 is 5.50. The lowest BCUT2D eigenvalue weighted by atomic mass is 10.3. The molecule has 1 fully saturated rings. The van der Waals surface area contributed by atoms with Gasteiger partial charge in [0.2, 0.25) is 0 Å². The first-order valence-electron chi connectivity index (χ1n) is 5.85. The molecule has 1 aliphatic heterocycles. The number of halogens is 1. The standard InChI is InChI=1S/C11H19BrN2S/c1-2-5-14(8-9-3-4-9)11-13-7-10(6-12)15-11/h9-10H,2-8H2,1H3. The second kappa shape index (κ2) is 5.58. The second-order valence-corrected chi connectivity index (χ2v) is 6.32. The highest BCUT2D eigenvalue weighted by molar-refractivity contribution is 9.09. The molecule has 1 unspecified atom stereocenters. The molecule has 0 spiro atoms. The molecular formula is C11H19BrN2S. The third kappa shape index (κ3) is 3.38. The third-order valence-electron chi connectivity index (χ3n) is 2.81. The lowest BCUT2D eigenvalue weighted by molar-refractivity contribution is 0.406.